The first-order valence-corrected chi connectivity index (χ1v) is 6.49. The lowest BCUT2D eigenvalue weighted by Crippen LogP contribution is -2.28. The molecule has 0 saturated carbocycles. The molecule has 0 amide bonds. The first kappa shape index (κ1) is 12.2. The first-order chi connectivity index (χ1) is 6.67. The molecule has 4 heteroatoms. The van der Waals surface area contributed by atoms with Crippen molar-refractivity contribution in [3.63, 3.8) is 0 Å². The molecule has 0 aliphatic carbocycles. The molecule has 0 aliphatic rings. The lowest BCUT2D eigenvalue weighted by Gasteiger charge is -2.17. The van der Waals surface area contributed by atoms with E-state index < -0.39 is 0 Å². The fraction of sp³-hybridized carbons (Fsp3) is 0.600. The molecular formula is C10H17BrN2S. The van der Waals surface area contributed by atoms with Crippen molar-refractivity contribution in [1.82, 2.24) is 5.43 Å². The molecule has 1 aromatic heterocycles. The molecule has 0 spiro atoms. The molecular weight excluding hydrogens is 260 g/mol. The van der Waals surface area contributed by atoms with Crippen LogP contribution in [0, 0.1) is 5.92 Å². The molecule has 1 aromatic rings. The third-order valence-corrected chi connectivity index (χ3v) is 4.21. The highest BCUT2D eigenvalue weighted by atomic mass is 79.9. The van der Waals surface area contributed by atoms with Gasteiger partial charge in [-0.05, 0) is 40.4 Å². The Morgan fingerprint density at radius 2 is 2.29 bits per heavy atom. The predicted molar refractivity (Wildman–Crippen MR) is 66.2 cm³/mol. The van der Waals surface area contributed by atoms with Gasteiger partial charge < -0.3 is 0 Å². The largest absolute Gasteiger partial charge is 0.271 e. The van der Waals surface area contributed by atoms with Crippen LogP contribution in [-0.4, -0.2) is 0 Å². The summed E-state index contributed by atoms with van der Waals surface area (Å²) in [7, 11) is 0. The number of hydrogen-bond acceptors (Lipinski definition) is 3. The lowest BCUT2D eigenvalue weighted by molar-refractivity contribution is 0.412. The van der Waals surface area contributed by atoms with E-state index in [1.54, 1.807) is 11.3 Å². The molecule has 80 valence electrons. The van der Waals surface area contributed by atoms with Crippen LogP contribution in [0.4, 0.5) is 0 Å². The summed E-state index contributed by atoms with van der Waals surface area (Å²) in [4.78, 5) is 1.31. The van der Waals surface area contributed by atoms with Crippen molar-refractivity contribution in [1.29, 1.82) is 0 Å². The topological polar surface area (TPSA) is 38.0 Å². The van der Waals surface area contributed by atoms with Crippen molar-refractivity contribution >= 4 is 27.3 Å². The normalized spacial score (nSPS) is 15.4. The molecule has 0 saturated heterocycles. The summed E-state index contributed by atoms with van der Waals surface area (Å²) in [6, 6.07) is 4.49. The summed E-state index contributed by atoms with van der Waals surface area (Å²) in [5.74, 6) is 6.26. The van der Waals surface area contributed by atoms with Crippen LogP contribution in [0.2, 0.25) is 0 Å². The Kier molecular flexibility index (Phi) is 5.09. The Morgan fingerprint density at radius 1 is 1.57 bits per heavy atom. The van der Waals surface area contributed by atoms with Crippen LogP contribution in [0.3, 0.4) is 0 Å². The minimum Gasteiger partial charge on any atom is -0.271 e. The number of rotatable bonds is 5. The van der Waals surface area contributed by atoms with Crippen LogP contribution in [0.1, 0.15) is 37.6 Å². The summed E-state index contributed by atoms with van der Waals surface area (Å²) in [6.45, 7) is 4.47. The smallest absolute Gasteiger partial charge is 0.0702 e. The molecule has 0 aromatic carbocycles. The molecule has 1 heterocycles. The summed E-state index contributed by atoms with van der Waals surface area (Å²) < 4.78 is 1.16. The summed E-state index contributed by atoms with van der Waals surface area (Å²) in [5.41, 5.74) is 2.89. The summed E-state index contributed by atoms with van der Waals surface area (Å²) in [6.07, 6.45) is 2.30. The molecule has 2 nitrogen and oxygen atoms in total. The highest BCUT2D eigenvalue weighted by molar-refractivity contribution is 9.11. The van der Waals surface area contributed by atoms with Crippen LogP contribution < -0.4 is 11.3 Å². The molecule has 0 aliphatic heterocycles. The van der Waals surface area contributed by atoms with E-state index in [2.05, 4.69) is 47.3 Å². The third kappa shape index (κ3) is 3.35. The zero-order valence-electron chi connectivity index (χ0n) is 8.59. The molecule has 0 fully saturated rings. The van der Waals surface area contributed by atoms with Gasteiger partial charge in [-0.15, -0.1) is 11.3 Å². The van der Waals surface area contributed by atoms with Crippen molar-refractivity contribution < 1.29 is 0 Å². The number of nitrogens with one attached hydrogen (secondary N) is 1. The van der Waals surface area contributed by atoms with Gasteiger partial charge in [-0.2, -0.15) is 0 Å². The van der Waals surface area contributed by atoms with Gasteiger partial charge in [0.1, 0.15) is 0 Å². The SMILES string of the molecule is CCC(C)CC(NN)c1ccc(Br)s1. The minimum absolute atomic E-state index is 0.293. The second-order valence-corrected chi connectivity index (χ2v) is 6.10. The Bertz CT molecular complexity index is 275. The quantitative estimate of drug-likeness (QED) is 0.639. The molecule has 0 radical (unpaired) electrons. The van der Waals surface area contributed by atoms with Gasteiger partial charge in [0.25, 0.3) is 0 Å². The van der Waals surface area contributed by atoms with Crippen LogP contribution >= 0.6 is 27.3 Å². The maximum absolute atomic E-state index is 5.56. The van der Waals surface area contributed by atoms with Crippen molar-refractivity contribution in [2.45, 2.75) is 32.7 Å². The number of halogens is 1. The second kappa shape index (κ2) is 5.85. The van der Waals surface area contributed by atoms with E-state index in [1.807, 2.05) is 0 Å². The van der Waals surface area contributed by atoms with Gasteiger partial charge in [0.2, 0.25) is 0 Å². The van der Waals surface area contributed by atoms with E-state index in [1.165, 1.54) is 11.3 Å². The average molecular weight is 277 g/mol. The van der Waals surface area contributed by atoms with Gasteiger partial charge in [0.15, 0.2) is 0 Å². The van der Waals surface area contributed by atoms with Crippen molar-refractivity contribution in [3.05, 3.63) is 20.8 Å². The fourth-order valence-electron chi connectivity index (χ4n) is 1.35. The van der Waals surface area contributed by atoms with Crippen molar-refractivity contribution in [3.8, 4) is 0 Å². The van der Waals surface area contributed by atoms with Crippen LogP contribution in [0.25, 0.3) is 0 Å². The molecule has 1 rings (SSSR count). The Hall–Kier alpha value is 0.1000. The monoisotopic (exact) mass is 276 g/mol. The number of hydrogen-bond donors (Lipinski definition) is 2. The average Bonchev–Trinajstić information content (AvgIpc) is 2.60. The third-order valence-electron chi connectivity index (χ3n) is 2.47. The minimum atomic E-state index is 0.293. The highest BCUT2D eigenvalue weighted by Gasteiger charge is 2.14. The van der Waals surface area contributed by atoms with Gasteiger partial charge >= 0.3 is 0 Å². The molecule has 0 bridgehead atoms. The van der Waals surface area contributed by atoms with Gasteiger partial charge in [-0.1, -0.05) is 20.3 Å². The zero-order chi connectivity index (χ0) is 10.6. The van der Waals surface area contributed by atoms with Crippen molar-refractivity contribution in [2.24, 2.45) is 11.8 Å². The number of nitrogens with two attached hydrogens (primary N) is 1. The Morgan fingerprint density at radius 3 is 2.71 bits per heavy atom. The number of hydrazine groups is 1. The van der Waals surface area contributed by atoms with E-state index in [4.69, 9.17) is 5.84 Å². The summed E-state index contributed by atoms with van der Waals surface area (Å²) in [5, 5.41) is 0. The van der Waals surface area contributed by atoms with Crippen molar-refractivity contribution in [2.75, 3.05) is 0 Å². The van der Waals surface area contributed by atoms with Crippen LogP contribution in [0.15, 0.2) is 15.9 Å². The number of thiophene rings is 1. The lowest BCUT2D eigenvalue weighted by atomic mass is 9.99. The molecule has 2 atom stereocenters. The first-order valence-electron chi connectivity index (χ1n) is 4.88. The Balaban J connectivity index is 2.62. The van der Waals surface area contributed by atoms with E-state index >= 15 is 0 Å². The Labute approximate surface area is 98.0 Å². The molecule has 14 heavy (non-hydrogen) atoms. The maximum Gasteiger partial charge on any atom is 0.0702 e. The van der Waals surface area contributed by atoms with Gasteiger partial charge in [0, 0.05) is 4.88 Å². The molecule has 3 N–H and O–H groups in total. The standard InChI is InChI=1S/C10H17BrN2S/c1-3-7(2)6-8(13-12)9-4-5-10(11)14-9/h4-5,7-8,13H,3,6,12H2,1-2H3. The second-order valence-electron chi connectivity index (χ2n) is 3.61. The maximum atomic E-state index is 5.56. The zero-order valence-corrected chi connectivity index (χ0v) is 11.0. The van der Waals surface area contributed by atoms with Gasteiger partial charge in [0.05, 0.1) is 9.83 Å². The van der Waals surface area contributed by atoms with E-state index in [0.717, 1.165) is 10.2 Å². The van der Waals surface area contributed by atoms with Crippen LogP contribution in [-0.2, 0) is 0 Å². The fourth-order valence-corrected chi connectivity index (χ4v) is 2.85. The van der Waals surface area contributed by atoms with E-state index in [9.17, 15) is 0 Å². The van der Waals surface area contributed by atoms with Gasteiger partial charge in [-0.25, -0.2) is 0 Å². The van der Waals surface area contributed by atoms with Gasteiger partial charge in [-0.3, -0.25) is 11.3 Å². The van der Waals surface area contributed by atoms with E-state index in [0.29, 0.717) is 12.0 Å². The highest BCUT2D eigenvalue weighted by Crippen LogP contribution is 2.30. The van der Waals surface area contributed by atoms with E-state index in [-0.39, 0.29) is 0 Å². The summed E-state index contributed by atoms with van der Waals surface area (Å²) >= 11 is 5.21. The van der Waals surface area contributed by atoms with Crippen LogP contribution in [0.5, 0.6) is 0 Å². The molecule has 2 unspecified atom stereocenters. The predicted octanol–water partition coefficient (Wildman–Crippen LogP) is 3.45.